The first-order chi connectivity index (χ1) is 26.9. The van der Waals surface area contributed by atoms with E-state index >= 15 is 0 Å². The number of carbonyl (C=O) groups excluding carboxylic acids is 5. The number of hydrogen-bond acceptors (Lipinski definition) is 8. The summed E-state index contributed by atoms with van der Waals surface area (Å²) >= 11 is 0. The van der Waals surface area contributed by atoms with Gasteiger partial charge in [0.25, 0.3) is 0 Å². The van der Waals surface area contributed by atoms with Crippen molar-refractivity contribution in [3.63, 3.8) is 0 Å². The molecule has 1 heterocycles. The first-order valence-corrected chi connectivity index (χ1v) is 19.1. The third-order valence-electron chi connectivity index (χ3n) is 9.96. The Kier molecular flexibility index (Phi) is 16.5. The Morgan fingerprint density at radius 1 is 0.625 bits per heavy atom. The summed E-state index contributed by atoms with van der Waals surface area (Å²) in [4.78, 5) is 80.9. The molecule has 14 nitrogen and oxygen atoms in total. The van der Waals surface area contributed by atoms with Gasteiger partial charge in [0.15, 0.2) is 0 Å². The number of carboxylic acid groups (broad SMARTS) is 1. The lowest BCUT2D eigenvalue weighted by atomic mass is 9.96. The summed E-state index contributed by atoms with van der Waals surface area (Å²) in [5, 5.41) is 37.0. The summed E-state index contributed by atoms with van der Waals surface area (Å²) in [7, 11) is 0. The number of nitrogens with one attached hydrogen (secondary N) is 6. The lowest BCUT2D eigenvalue weighted by Crippen LogP contribution is -2.62. The molecule has 0 spiro atoms. The lowest BCUT2D eigenvalue weighted by Gasteiger charge is -2.30. The van der Waals surface area contributed by atoms with Crippen LogP contribution in [0.4, 0.5) is 0 Å². The predicted molar refractivity (Wildman–Crippen MR) is 210 cm³/mol. The molecule has 0 unspecified atom stereocenters. The van der Waals surface area contributed by atoms with E-state index in [1.165, 1.54) is 6.92 Å². The van der Waals surface area contributed by atoms with E-state index in [2.05, 4.69) is 31.9 Å². The molecule has 0 bridgehead atoms. The number of aliphatic carboxylic acids is 1. The van der Waals surface area contributed by atoms with Crippen molar-refractivity contribution < 1.29 is 39.0 Å². The second-order valence-corrected chi connectivity index (χ2v) is 14.3. The molecule has 5 amide bonds. The Labute approximate surface area is 327 Å². The molecule has 8 atom stereocenters. The SMILES string of the molecule is CC[C@H](C)[C@H](NC(=O)[C@@H](NC(=O)[C@@H]1CCCN1)[C@@H](C)O)C(=O)N[C@@H](Cc1ccccc1)C(=O)N[C@@H](Cc1ccccc1)C(=O)N[C@@H](Cc1ccccc1)C(=O)O. The molecule has 3 aromatic carbocycles. The highest BCUT2D eigenvalue weighted by molar-refractivity contribution is 5.97. The highest BCUT2D eigenvalue weighted by Gasteiger charge is 2.36. The summed E-state index contributed by atoms with van der Waals surface area (Å²) in [6.45, 7) is 5.61. The van der Waals surface area contributed by atoms with E-state index in [9.17, 15) is 39.0 Å². The molecule has 300 valence electrons. The van der Waals surface area contributed by atoms with Gasteiger partial charge >= 0.3 is 5.97 Å². The standard InChI is InChI=1S/C42H54N6O8/c1-4-26(2)35(47-41(54)36(27(3)49)48-37(50)31-21-14-22-43-31)40(53)45-33(24-29-17-10-6-11-18-29)38(51)44-32(23-28-15-8-5-9-16-28)39(52)46-34(42(55)56)25-30-19-12-7-13-20-30/h5-13,15-20,26-27,31-36,43,49H,4,14,21-25H2,1-3H3,(H,44,51)(H,45,53)(H,46,52)(H,47,54)(H,48,50)(H,55,56)/t26-,27+,31-,32-,33-,34-,35-,36-/m0/s1. The zero-order valence-corrected chi connectivity index (χ0v) is 32.1. The van der Waals surface area contributed by atoms with Crippen LogP contribution in [0.1, 0.15) is 56.7 Å². The second-order valence-electron chi connectivity index (χ2n) is 14.3. The molecule has 0 aliphatic carbocycles. The first-order valence-electron chi connectivity index (χ1n) is 19.1. The van der Waals surface area contributed by atoms with Crippen molar-refractivity contribution >= 4 is 35.5 Å². The summed E-state index contributed by atoms with van der Waals surface area (Å²) < 4.78 is 0. The Balaban J connectivity index is 1.57. The predicted octanol–water partition coefficient (Wildman–Crippen LogP) is 1.40. The number of aliphatic hydroxyl groups is 1. The maximum absolute atomic E-state index is 14.2. The average Bonchev–Trinajstić information content (AvgIpc) is 3.74. The van der Waals surface area contributed by atoms with Gasteiger partial charge in [-0.1, -0.05) is 111 Å². The van der Waals surface area contributed by atoms with Crippen molar-refractivity contribution in [3.8, 4) is 0 Å². The summed E-state index contributed by atoms with van der Waals surface area (Å²) in [6, 6.07) is 19.9. The number of carboxylic acids is 1. The van der Waals surface area contributed by atoms with Gasteiger partial charge in [-0.15, -0.1) is 0 Å². The van der Waals surface area contributed by atoms with Crippen molar-refractivity contribution in [2.45, 2.75) is 102 Å². The van der Waals surface area contributed by atoms with Crippen molar-refractivity contribution in [1.29, 1.82) is 0 Å². The molecule has 1 fully saturated rings. The molecule has 0 saturated carbocycles. The number of amides is 5. The summed E-state index contributed by atoms with van der Waals surface area (Å²) in [6.07, 6.45) is 0.622. The zero-order chi connectivity index (χ0) is 40.6. The smallest absolute Gasteiger partial charge is 0.326 e. The zero-order valence-electron chi connectivity index (χ0n) is 32.1. The van der Waals surface area contributed by atoms with E-state index in [0.717, 1.165) is 6.42 Å². The van der Waals surface area contributed by atoms with Crippen LogP contribution >= 0.6 is 0 Å². The normalized spacial score (nSPS) is 17.5. The van der Waals surface area contributed by atoms with Crippen molar-refractivity contribution in [2.24, 2.45) is 5.92 Å². The Morgan fingerprint density at radius 2 is 1.05 bits per heavy atom. The van der Waals surface area contributed by atoms with Gasteiger partial charge in [0.05, 0.1) is 12.1 Å². The number of carbonyl (C=O) groups is 6. The van der Waals surface area contributed by atoms with Gasteiger partial charge in [0.1, 0.15) is 30.2 Å². The van der Waals surface area contributed by atoms with Gasteiger partial charge in [-0.05, 0) is 48.9 Å². The van der Waals surface area contributed by atoms with Crippen LogP contribution in [0, 0.1) is 5.92 Å². The molecule has 0 radical (unpaired) electrons. The number of aliphatic hydroxyl groups excluding tert-OH is 1. The Morgan fingerprint density at radius 3 is 1.46 bits per heavy atom. The van der Waals surface area contributed by atoms with Crippen LogP contribution in [0.2, 0.25) is 0 Å². The number of rotatable bonds is 20. The molecule has 8 N–H and O–H groups in total. The minimum Gasteiger partial charge on any atom is -0.480 e. The Bertz CT molecular complexity index is 1750. The van der Waals surface area contributed by atoms with Crippen molar-refractivity contribution in [1.82, 2.24) is 31.9 Å². The summed E-state index contributed by atoms with van der Waals surface area (Å²) in [5.41, 5.74) is 2.10. The van der Waals surface area contributed by atoms with E-state index in [4.69, 9.17) is 0 Å². The van der Waals surface area contributed by atoms with Gasteiger partial charge in [-0.2, -0.15) is 0 Å². The van der Waals surface area contributed by atoms with Crippen LogP contribution < -0.4 is 31.9 Å². The van der Waals surface area contributed by atoms with Crippen LogP contribution in [0.15, 0.2) is 91.0 Å². The molecule has 3 aromatic rings. The first kappa shape index (κ1) is 43.1. The van der Waals surface area contributed by atoms with Gasteiger partial charge in [0, 0.05) is 19.3 Å². The maximum atomic E-state index is 14.2. The molecular weight excluding hydrogens is 716 g/mol. The van der Waals surface area contributed by atoms with Crippen LogP contribution in [0.3, 0.4) is 0 Å². The fraction of sp³-hybridized carbons (Fsp3) is 0.429. The van der Waals surface area contributed by atoms with Gasteiger partial charge < -0.3 is 42.1 Å². The topological polar surface area (TPSA) is 215 Å². The molecule has 1 saturated heterocycles. The third-order valence-corrected chi connectivity index (χ3v) is 9.96. The molecular formula is C42H54N6O8. The van der Waals surface area contributed by atoms with Crippen LogP contribution in [0.25, 0.3) is 0 Å². The lowest BCUT2D eigenvalue weighted by molar-refractivity contribution is -0.142. The Hall–Kier alpha value is -5.60. The number of hydrogen-bond donors (Lipinski definition) is 8. The monoisotopic (exact) mass is 770 g/mol. The van der Waals surface area contributed by atoms with Crippen molar-refractivity contribution in [2.75, 3.05) is 6.54 Å². The highest BCUT2D eigenvalue weighted by atomic mass is 16.4. The van der Waals surface area contributed by atoms with E-state index in [1.54, 1.807) is 97.9 Å². The third kappa shape index (κ3) is 13.0. The van der Waals surface area contributed by atoms with E-state index in [-0.39, 0.29) is 19.3 Å². The quantitative estimate of drug-likeness (QED) is 0.0833. The van der Waals surface area contributed by atoms with Crippen LogP contribution in [0.5, 0.6) is 0 Å². The molecule has 56 heavy (non-hydrogen) atoms. The summed E-state index contributed by atoms with van der Waals surface area (Å²) in [5.74, 6) is -4.99. The van der Waals surface area contributed by atoms with Crippen LogP contribution in [-0.2, 0) is 48.0 Å². The largest absolute Gasteiger partial charge is 0.480 e. The van der Waals surface area contributed by atoms with Crippen LogP contribution in [-0.4, -0.2) is 94.6 Å². The van der Waals surface area contributed by atoms with Gasteiger partial charge in [-0.3, -0.25) is 24.0 Å². The molecule has 1 aliphatic heterocycles. The minimum absolute atomic E-state index is 0.0143. The van der Waals surface area contributed by atoms with Gasteiger partial charge in [-0.25, -0.2) is 4.79 Å². The van der Waals surface area contributed by atoms with E-state index in [0.29, 0.717) is 36.1 Å². The molecule has 4 rings (SSSR count). The molecule has 0 aromatic heterocycles. The number of benzene rings is 3. The minimum atomic E-state index is -1.35. The fourth-order valence-electron chi connectivity index (χ4n) is 6.49. The van der Waals surface area contributed by atoms with E-state index < -0.39 is 83.8 Å². The molecule has 1 aliphatic rings. The average molecular weight is 771 g/mol. The highest BCUT2D eigenvalue weighted by Crippen LogP contribution is 2.13. The van der Waals surface area contributed by atoms with E-state index in [1.807, 2.05) is 6.92 Å². The van der Waals surface area contributed by atoms with Crippen molar-refractivity contribution in [3.05, 3.63) is 108 Å². The fourth-order valence-corrected chi connectivity index (χ4v) is 6.49. The molecule has 14 heteroatoms. The maximum Gasteiger partial charge on any atom is 0.326 e. The van der Waals surface area contributed by atoms with Gasteiger partial charge in [0.2, 0.25) is 29.5 Å². The second kappa shape index (κ2) is 21.5.